The summed E-state index contributed by atoms with van der Waals surface area (Å²) < 4.78 is 5.39. The zero-order chi connectivity index (χ0) is 24.1. The van der Waals surface area contributed by atoms with Gasteiger partial charge < -0.3 is 10.5 Å². The highest BCUT2D eigenvalue weighted by atomic mass is 16.5. The number of carbonyl (C=O) groups is 1. The van der Waals surface area contributed by atoms with Crippen molar-refractivity contribution < 1.29 is 9.53 Å². The van der Waals surface area contributed by atoms with Crippen molar-refractivity contribution >= 4 is 5.97 Å². The highest BCUT2D eigenvalue weighted by Gasteiger charge is 2.02. The number of hydrogen-bond donors (Lipinski definition) is 1. The molecule has 3 heteroatoms. The van der Waals surface area contributed by atoms with Gasteiger partial charge in [0, 0.05) is 6.42 Å². The number of ether oxygens (including phenoxy) is 1. The van der Waals surface area contributed by atoms with Gasteiger partial charge in [-0.25, -0.2) is 0 Å². The number of unbranched alkanes of at least 4 members (excludes halogenated alkanes) is 23. The van der Waals surface area contributed by atoms with Gasteiger partial charge in [0.1, 0.15) is 0 Å². The molecule has 0 rings (SSSR count). The Morgan fingerprint density at radius 2 is 0.818 bits per heavy atom. The van der Waals surface area contributed by atoms with Crippen LogP contribution in [0.25, 0.3) is 0 Å². The fourth-order valence-electron chi connectivity index (χ4n) is 4.56. The summed E-state index contributed by atoms with van der Waals surface area (Å²) in [5.74, 6) is 0.0159. The second-order valence-electron chi connectivity index (χ2n) is 10.2. The lowest BCUT2D eigenvalue weighted by molar-refractivity contribution is -0.143. The highest BCUT2D eigenvalue weighted by Crippen LogP contribution is 2.14. The van der Waals surface area contributed by atoms with Gasteiger partial charge in [-0.05, 0) is 25.8 Å². The summed E-state index contributed by atoms with van der Waals surface area (Å²) in [7, 11) is 0. The molecular weight excluding hydrogens is 406 g/mol. The Labute approximate surface area is 208 Å². The number of rotatable bonds is 28. The average Bonchev–Trinajstić information content (AvgIpc) is 2.82. The first-order chi connectivity index (χ1) is 16.3. The van der Waals surface area contributed by atoms with Crippen LogP contribution in [0.4, 0.5) is 0 Å². The summed E-state index contributed by atoms with van der Waals surface area (Å²) in [5.41, 5.74) is 5.51. The molecule has 198 valence electrons. The molecule has 0 radical (unpaired) electrons. The Morgan fingerprint density at radius 3 is 1.21 bits per heavy atom. The lowest BCUT2D eigenvalue weighted by Crippen LogP contribution is -2.05. The maximum atomic E-state index is 11.8. The average molecular weight is 468 g/mol. The molecule has 0 aliphatic carbocycles. The molecule has 0 aromatic rings. The Balaban J connectivity index is 3.13. The summed E-state index contributed by atoms with van der Waals surface area (Å²) in [5, 5.41) is 0. The molecule has 0 atom stereocenters. The molecule has 0 amide bonds. The van der Waals surface area contributed by atoms with Crippen LogP contribution in [0, 0.1) is 0 Å². The third kappa shape index (κ3) is 29.4. The van der Waals surface area contributed by atoms with Crippen LogP contribution in [0.3, 0.4) is 0 Å². The molecule has 0 aromatic heterocycles. The molecule has 0 heterocycles. The molecule has 0 bridgehead atoms. The minimum Gasteiger partial charge on any atom is -0.466 e. The Morgan fingerprint density at radius 1 is 0.485 bits per heavy atom. The Hall–Kier alpha value is -0.570. The molecule has 0 unspecified atom stereocenters. The first kappa shape index (κ1) is 32.4. The fourth-order valence-corrected chi connectivity index (χ4v) is 4.56. The molecule has 33 heavy (non-hydrogen) atoms. The maximum Gasteiger partial charge on any atom is 0.305 e. The number of carbonyl (C=O) groups excluding carboxylic acids is 1. The molecule has 0 aromatic carbocycles. The third-order valence-corrected chi connectivity index (χ3v) is 6.85. The van der Waals surface area contributed by atoms with Crippen molar-refractivity contribution in [2.24, 2.45) is 5.73 Å². The Bertz CT molecular complexity index is 372. The van der Waals surface area contributed by atoms with E-state index >= 15 is 0 Å². The van der Waals surface area contributed by atoms with Gasteiger partial charge >= 0.3 is 5.97 Å². The minimum atomic E-state index is 0.0159. The zero-order valence-electron chi connectivity index (χ0n) is 22.7. The minimum absolute atomic E-state index is 0.0159. The van der Waals surface area contributed by atoms with Crippen LogP contribution in [0.5, 0.6) is 0 Å². The SMILES string of the molecule is CCCCCCCCCCCCCCCCCC(=O)OCCCCCCCCCCCCN. The second kappa shape index (κ2) is 29.5. The van der Waals surface area contributed by atoms with E-state index in [0.717, 1.165) is 19.4 Å². The van der Waals surface area contributed by atoms with Gasteiger partial charge in [0.25, 0.3) is 0 Å². The number of hydrogen-bond acceptors (Lipinski definition) is 3. The van der Waals surface area contributed by atoms with Crippen molar-refractivity contribution in [2.45, 2.75) is 174 Å². The van der Waals surface area contributed by atoms with Gasteiger partial charge in [-0.2, -0.15) is 0 Å². The van der Waals surface area contributed by atoms with Crippen molar-refractivity contribution in [3.8, 4) is 0 Å². The van der Waals surface area contributed by atoms with E-state index in [1.807, 2.05) is 0 Å². The molecule has 0 saturated heterocycles. The van der Waals surface area contributed by atoms with E-state index in [1.54, 1.807) is 0 Å². The maximum absolute atomic E-state index is 11.8. The zero-order valence-corrected chi connectivity index (χ0v) is 22.7. The molecule has 0 aliphatic heterocycles. The van der Waals surface area contributed by atoms with Crippen LogP contribution in [0.2, 0.25) is 0 Å². The summed E-state index contributed by atoms with van der Waals surface area (Å²) in [6.45, 7) is 3.74. The summed E-state index contributed by atoms with van der Waals surface area (Å²) in [4.78, 5) is 11.8. The van der Waals surface area contributed by atoms with E-state index in [1.165, 1.54) is 148 Å². The van der Waals surface area contributed by atoms with E-state index in [0.29, 0.717) is 13.0 Å². The molecule has 0 fully saturated rings. The van der Waals surface area contributed by atoms with Gasteiger partial charge in [0.05, 0.1) is 6.61 Å². The monoisotopic (exact) mass is 467 g/mol. The van der Waals surface area contributed by atoms with Crippen LogP contribution in [-0.2, 0) is 9.53 Å². The van der Waals surface area contributed by atoms with Gasteiger partial charge in [-0.15, -0.1) is 0 Å². The van der Waals surface area contributed by atoms with E-state index in [4.69, 9.17) is 10.5 Å². The molecular formula is C30H61NO2. The topological polar surface area (TPSA) is 52.3 Å². The van der Waals surface area contributed by atoms with E-state index in [9.17, 15) is 4.79 Å². The lowest BCUT2D eigenvalue weighted by atomic mass is 10.0. The van der Waals surface area contributed by atoms with Crippen molar-refractivity contribution in [3.05, 3.63) is 0 Å². The van der Waals surface area contributed by atoms with Crippen molar-refractivity contribution in [1.82, 2.24) is 0 Å². The smallest absolute Gasteiger partial charge is 0.305 e. The molecule has 0 spiro atoms. The summed E-state index contributed by atoms with van der Waals surface area (Å²) >= 11 is 0. The number of nitrogens with two attached hydrogens (primary N) is 1. The molecule has 0 aliphatic rings. The molecule has 0 saturated carbocycles. The van der Waals surface area contributed by atoms with E-state index < -0.39 is 0 Å². The quantitative estimate of drug-likeness (QED) is 0.0920. The first-order valence-electron chi connectivity index (χ1n) is 15.2. The van der Waals surface area contributed by atoms with Gasteiger partial charge in [-0.1, -0.05) is 148 Å². The molecule has 3 nitrogen and oxygen atoms in total. The number of esters is 1. The third-order valence-electron chi connectivity index (χ3n) is 6.85. The van der Waals surface area contributed by atoms with Gasteiger partial charge in [0.15, 0.2) is 0 Å². The standard InChI is InChI=1S/C30H61NO2/c1-2-3-4-5-6-7-8-9-10-11-12-15-18-21-24-27-30(32)33-29-26-23-20-17-14-13-16-19-22-25-28-31/h2-29,31H2,1H3. The van der Waals surface area contributed by atoms with Gasteiger partial charge in [0.2, 0.25) is 0 Å². The van der Waals surface area contributed by atoms with Crippen LogP contribution in [0.15, 0.2) is 0 Å². The van der Waals surface area contributed by atoms with Crippen molar-refractivity contribution in [3.63, 3.8) is 0 Å². The van der Waals surface area contributed by atoms with Crippen molar-refractivity contribution in [2.75, 3.05) is 13.2 Å². The largest absolute Gasteiger partial charge is 0.466 e. The van der Waals surface area contributed by atoms with E-state index in [-0.39, 0.29) is 5.97 Å². The lowest BCUT2D eigenvalue weighted by Gasteiger charge is -2.06. The molecule has 2 N–H and O–H groups in total. The first-order valence-corrected chi connectivity index (χ1v) is 15.2. The normalized spacial score (nSPS) is 11.2. The fraction of sp³-hybridized carbons (Fsp3) is 0.967. The summed E-state index contributed by atoms with van der Waals surface area (Å²) in [6.07, 6.45) is 33.7. The van der Waals surface area contributed by atoms with Crippen molar-refractivity contribution in [1.29, 1.82) is 0 Å². The van der Waals surface area contributed by atoms with E-state index in [2.05, 4.69) is 6.92 Å². The highest BCUT2D eigenvalue weighted by molar-refractivity contribution is 5.69. The predicted molar refractivity (Wildman–Crippen MR) is 146 cm³/mol. The van der Waals surface area contributed by atoms with Crippen LogP contribution < -0.4 is 5.73 Å². The summed E-state index contributed by atoms with van der Waals surface area (Å²) in [6, 6.07) is 0. The van der Waals surface area contributed by atoms with Crippen LogP contribution in [-0.4, -0.2) is 19.1 Å². The second-order valence-corrected chi connectivity index (χ2v) is 10.2. The van der Waals surface area contributed by atoms with Gasteiger partial charge in [-0.3, -0.25) is 4.79 Å². The van der Waals surface area contributed by atoms with Crippen LogP contribution >= 0.6 is 0 Å². The Kier molecular flexibility index (Phi) is 29.0. The van der Waals surface area contributed by atoms with Crippen LogP contribution in [0.1, 0.15) is 174 Å². The predicted octanol–water partition coefficient (Wildman–Crippen LogP) is 9.65.